The minimum Gasteiger partial charge on any atom is -0.444 e. The molecule has 0 spiro atoms. The number of carbonyl (C=O) groups excluding carboxylic acids is 1. The summed E-state index contributed by atoms with van der Waals surface area (Å²) >= 11 is 0. The molecule has 3 N–H and O–H groups in total. The Labute approximate surface area is 97.0 Å². The van der Waals surface area contributed by atoms with Crippen molar-refractivity contribution in [2.24, 2.45) is 5.73 Å². The van der Waals surface area contributed by atoms with Gasteiger partial charge in [-0.2, -0.15) is 0 Å². The van der Waals surface area contributed by atoms with E-state index in [2.05, 4.69) is 5.32 Å². The standard InChI is InChI=1S/C11H22N2O3/c1-11(2,3)16-10(14)13-9(8-15-4)6-5-7-12/h5-6,9H,7-8,12H2,1-4H3,(H,13,14)/b6-5+. The van der Waals surface area contributed by atoms with Gasteiger partial charge in [0.25, 0.3) is 0 Å². The molecular formula is C11H22N2O3. The second kappa shape index (κ2) is 7.24. The number of nitrogens with two attached hydrogens (primary N) is 1. The maximum atomic E-state index is 11.5. The van der Waals surface area contributed by atoms with Crippen LogP contribution < -0.4 is 11.1 Å². The van der Waals surface area contributed by atoms with E-state index in [9.17, 15) is 4.79 Å². The van der Waals surface area contributed by atoms with Crippen molar-refractivity contribution < 1.29 is 14.3 Å². The number of carbonyl (C=O) groups is 1. The van der Waals surface area contributed by atoms with Crippen molar-refractivity contribution in [1.29, 1.82) is 0 Å². The summed E-state index contributed by atoms with van der Waals surface area (Å²) in [5, 5.41) is 2.68. The van der Waals surface area contributed by atoms with Crippen molar-refractivity contribution >= 4 is 6.09 Å². The van der Waals surface area contributed by atoms with E-state index in [-0.39, 0.29) is 6.04 Å². The number of rotatable bonds is 5. The molecule has 0 aromatic rings. The number of nitrogens with one attached hydrogen (secondary N) is 1. The first-order valence-corrected chi connectivity index (χ1v) is 5.24. The molecule has 0 bridgehead atoms. The van der Waals surface area contributed by atoms with Gasteiger partial charge in [-0.1, -0.05) is 12.2 Å². The zero-order valence-corrected chi connectivity index (χ0v) is 10.4. The zero-order valence-electron chi connectivity index (χ0n) is 10.4. The minimum absolute atomic E-state index is 0.219. The summed E-state index contributed by atoms with van der Waals surface area (Å²) in [4.78, 5) is 11.5. The fourth-order valence-electron chi connectivity index (χ4n) is 1.03. The van der Waals surface area contributed by atoms with E-state index >= 15 is 0 Å². The van der Waals surface area contributed by atoms with Crippen LogP contribution in [0.1, 0.15) is 20.8 Å². The summed E-state index contributed by atoms with van der Waals surface area (Å²) in [6.45, 7) is 6.25. The summed E-state index contributed by atoms with van der Waals surface area (Å²) in [5.74, 6) is 0. The Morgan fingerprint density at radius 1 is 1.50 bits per heavy atom. The molecule has 0 fully saturated rings. The lowest BCUT2D eigenvalue weighted by atomic mass is 10.2. The Morgan fingerprint density at radius 2 is 2.12 bits per heavy atom. The molecule has 5 heteroatoms. The minimum atomic E-state index is -0.501. The Bertz CT molecular complexity index is 234. The predicted molar refractivity (Wildman–Crippen MR) is 63.2 cm³/mol. The third-order valence-electron chi connectivity index (χ3n) is 1.55. The summed E-state index contributed by atoms with van der Waals surface area (Å²) in [5.41, 5.74) is 4.83. The molecule has 0 rings (SSSR count). The van der Waals surface area contributed by atoms with Gasteiger partial charge >= 0.3 is 6.09 Å². The van der Waals surface area contributed by atoms with Crippen molar-refractivity contribution in [2.45, 2.75) is 32.4 Å². The average Bonchev–Trinajstić information content (AvgIpc) is 2.11. The smallest absolute Gasteiger partial charge is 0.408 e. The molecule has 0 aromatic carbocycles. The third-order valence-corrected chi connectivity index (χ3v) is 1.55. The summed E-state index contributed by atoms with van der Waals surface area (Å²) in [6.07, 6.45) is 3.09. The molecule has 94 valence electrons. The molecule has 0 radical (unpaired) electrons. The van der Waals surface area contributed by atoms with E-state index in [4.69, 9.17) is 15.2 Å². The molecule has 1 atom stereocenters. The molecule has 0 saturated heterocycles. The van der Waals surface area contributed by atoms with Gasteiger partial charge in [0.1, 0.15) is 5.60 Å². The lowest BCUT2D eigenvalue weighted by Crippen LogP contribution is -2.40. The van der Waals surface area contributed by atoms with Gasteiger partial charge in [-0.15, -0.1) is 0 Å². The van der Waals surface area contributed by atoms with Crippen molar-refractivity contribution in [3.63, 3.8) is 0 Å². The highest BCUT2D eigenvalue weighted by atomic mass is 16.6. The first-order valence-electron chi connectivity index (χ1n) is 5.24. The maximum Gasteiger partial charge on any atom is 0.408 e. The van der Waals surface area contributed by atoms with Gasteiger partial charge in [0.15, 0.2) is 0 Å². The van der Waals surface area contributed by atoms with Crippen LogP contribution in [-0.4, -0.2) is 38.0 Å². The third kappa shape index (κ3) is 8.26. The first kappa shape index (κ1) is 14.9. The lowest BCUT2D eigenvalue weighted by molar-refractivity contribution is 0.0488. The van der Waals surface area contributed by atoms with Crippen molar-refractivity contribution in [2.75, 3.05) is 20.3 Å². The topological polar surface area (TPSA) is 73.6 Å². The van der Waals surface area contributed by atoms with Crippen molar-refractivity contribution in [1.82, 2.24) is 5.32 Å². The molecule has 0 saturated carbocycles. The highest BCUT2D eigenvalue weighted by Crippen LogP contribution is 2.06. The highest BCUT2D eigenvalue weighted by Gasteiger charge is 2.18. The van der Waals surface area contributed by atoms with Crippen LogP contribution in [0.4, 0.5) is 4.79 Å². The molecule has 5 nitrogen and oxygen atoms in total. The lowest BCUT2D eigenvalue weighted by Gasteiger charge is -2.22. The van der Waals surface area contributed by atoms with E-state index in [0.717, 1.165) is 0 Å². The van der Waals surface area contributed by atoms with Crippen LogP contribution >= 0.6 is 0 Å². The predicted octanol–water partition coefficient (Wildman–Crippen LogP) is 1.04. The average molecular weight is 230 g/mol. The van der Waals surface area contributed by atoms with Crippen LogP contribution in [0.2, 0.25) is 0 Å². The number of amides is 1. The molecule has 0 aliphatic rings. The number of hydrogen-bond acceptors (Lipinski definition) is 4. The number of alkyl carbamates (subject to hydrolysis) is 1. The normalized spacial score (nSPS) is 13.8. The fraction of sp³-hybridized carbons (Fsp3) is 0.727. The largest absolute Gasteiger partial charge is 0.444 e. The molecule has 0 aliphatic carbocycles. The first-order chi connectivity index (χ1) is 7.39. The Kier molecular flexibility index (Phi) is 6.76. The molecule has 0 aromatic heterocycles. The molecule has 0 heterocycles. The second-order valence-corrected chi connectivity index (χ2v) is 4.37. The SMILES string of the molecule is COCC(/C=C/CN)NC(=O)OC(C)(C)C. The van der Waals surface area contributed by atoms with E-state index in [1.807, 2.05) is 20.8 Å². The van der Waals surface area contributed by atoms with Gasteiger partial charge in [-0.25, -0.2) is 4.79 Å². The summed E-state index contributed by atoms with van der Waals surface area (Å²) in [6, 6.07) is -0.219. The van der Waals surface area contributed by atoms with Gasteiger partial charge < -0.3 is 20.5 Å². The van der Waals surface area contributed by atoms with Gasteiger partial charge in [0, 0.05) is 13.7 Å². The van der Waals surface area contributed by atoms with Crippen LogP contribution in [0.3, 0.4) is 0 Å². The molecule has 0 aliphatic heterocycles. The monoisotopic (exact) mass is 230 g/mol. The van der Waals surface area contributed by atoms with Gasteiger partial charge in [-0.05, 0) is 20.8 Å². The van der Waals surface area contributed by atoms with Crippen molar-refractivity contribution in [3.05, 3.63) is 12.2 Å². The van der Waals surface area contributed by atoms with Gasteiger partial charge in [-0.3, -0.25) is 0 Å². The summed E-state index contributed by atoms with van der Waals surface area (Å²) in [7, 11) is 1.57. The Hall–Kier alpha value is -1.07. The molecule has 1 amide bonds. The maximum absolute atomic E-state index is 11.5. The van der Waals surface area contributed by atoms with Crippen LogP contribution in [-0.2, 0) is 9.47 Å². The van der Waals surface area contributed by atoms with E-state index < -0.39 is 11.7 Å². The van der Waals surface area contributed by atoms with Crippen molar-refractivity contribution in [3.8, 4) is 0 Å². The van der Waals surface area contributed by atoms with Gasteiger partial charge in [0.05, 0.1) is 12.6 Å². The number of hydrogen-bond donors (Lipinski definition) is 2. The number of ether oxygens (including phenoxy) is 2. The molecular weight excluding hydrogens is 208 g/mol. The van der Waals surface area contributed by atoms with E-state index in [1.54, 1.807) is 19.3 Å². The summed E-state index contributed by atoms with van der Waals surface area (Å²) < 4.78 is 10.1. The quantitative estimate of drug-likeness (QED) is 0.692. The highest BCUT2D eigenvalue weighted by molar-refractivity contribution is 5.68. The zero-order chi connectivity index (χ0) is 12.6. The van der Waals surface area contributed by atoms with Crippen LogP contribution in [0.15, 0.2) is 12.2 Å². The molecule has 1 unspecified atom stereocenters. The van der Waals surface area contributed by atoms with E-state index in [0.29, 0.717) is 13.2 Å². The van der Waals surface area contributed by atoms with Crippen LogP contribution in [0, 0.1) is 0 Å². The van der Waals surface area contributed by atoms with Crippen LogP contribution in [0.25, 0.3) is 0 Å². The van der Waals surface area contributed by atoms with Gasteiger partial charge in [0.2, 0.25) is 0 Å². The Balaban J connectivity index is 4.17. The molecule has 16 heavy (non-hydrogen) atoms. The van der Waals surface area contributed by atoms with Crippen LogP contribution in [0.5, 0.6) is 0 Å². The Morgan fingerprint density at radius 3 is 2.56 bits per heavy atom. The fourth-order valence-corrected chi connectivity index (χ4v) is 1.03. The number of methoxy groups -OCH3 is 1. The second-order valence-electron chi connectivity index (χ2n) is 4.37. The van der Waals surface area contributed by atoms with E-state index in [1.165, 1.54) is 0 Å².